The van der Waals surface area contributed by atoms with Gasteiger partial charge >= 0.3 is 12.1 Å². The zero-order valence-electron chi connectivity index (χ0n) is 13.0. The molecule has 0 radical (unpaired) electrons. The minimum atomic E-state index is -5.08. The Labute approximate surface area is 128 Å². The maximum atomic E-state index is 10.6. The molecule has 2 aliphatic heterocycles. The second-order valence-electron chi connectivity index (χ2n) is 5.97. The minimum absolute atomic E-state index is 0.412. The number of alkyl halides is 3. The van der Waals surface area contributed by atoms with Crippen LogP contribution < -0.4 is 5.32 Å². The van der Waals surface area contributed by atoms with E-state index in [-0.39, 0.29) is 0 Å². The molecule has 0 amide bonds. The Balaban J connectivity index is 0.000000295. The molecule has 0 aliphatic carbocycles. The third-order valence-corrected chi connectivity index (χ3v) is 3.71. The second-order valence-corrected chi connectivity index (χ2v) is 5.97. The number of piperidine rings is 1. The van der Waals surface area contributed by atoms with Gasteiger partial charge in [0, 0.05) is 19.6 Å². The van der Waals surface area contributed by atoms with E-state index in [0.717, 1.165) is 19.0 Å². The summed E-state index contributed by atoms with van der Waals surface area (Å²) in [5, 5.41) is 10.6. The average Bonchev–Trinajstić information content (AvgIpc) is 2.38. The van der Waals surface area contributed by atoms with Crippen LogP contribution in [-0.4, -0.2) is 67.1 Å². The lowest BCUT2D eigenvalue weighted by atomic mass is 9.97. The fourth-order valence-corrected chi connectivity index (χ4v) is 2.86. The Kier molecular flexibility index (Phi) is 7.58. The van der Waals surface area contributed by atoms with Gasteiger partial charge in [0.05, 0.1) is 12.2 Å². The highest BCUT2D eigenvalue weighted by molar-refractivity contribution is 5.73. The predicted octanol–water partition coefficient (Wildman–Crippen LogP) is 1.73. The molecular weight excluding hydrogens is 301 g/mol. The maximum Gasteiger partial charge on any atom is 0.490 e. The molecule has 22 heavy (non-hydrogen) atoms. The molecule has 8 heteroatoms. The van der Waals surface area contributed by atoms with Gasteiger partial charge in [0.1, 0.15) is 0 Å². The van der Waals surface area contributed by atoms with Crippen molar-refractivity contribution in [2.75, 3.05) is 32.7 Å². The third-order valence-electron chi connectivity index (χ3n) is 3.71. The van der Waals surface area contributed by atoms with Crippen molar-refractivity contribution in [2.45, 2.75) is 45.1 Å². The van der Waals surface area contributed by atoms with Gasteiger partial charge in [-0.3, -0.25) is 4.90 Å². The van der Waals surface area contributed by atoms with Crippen LogP contribution >= 0.6 is 0 Å². The molecule has 0 spiro atoms. The van der Waals surface area contributed by atoms with Gasteiger partial charge in [-0.25, -0.2) is 4.79 Å². The minimum Gasteiger partial charge on any atom is -0.475 e. The van der Waals surface area contributed by atoms with Crippen LogP contribution in [0.4, 0.5) is 13.2 Å². The van der Waals surface area contributed by atoms with Crippen molar-refractivity contribution in [3.8, 4) is 0 Å². The molecule has 0 bridgehead atoms. The van der Waals surface area contributed by atoms with Crippen molar-refractivity contribution in [1.29, 1.82) is 0 Å². The third kappa shape index (κ3) is 7.42. The van der Waals surface area contributed by atoms with Crippen molar-refractivity contribution >= 4 is 5.97 Å². The summed E-state index contributed by atoms with van der Waals surface area (Å²) in [7, 11) is 0. The van der Waals surface area contributed by atoms with Crippen molar-refractivity contribution in [3.05, 3.63) is 0 Å². The molecule has 5 nitrogen and oxygen atoms in total. The molecule has 130 valence electrons. The number of carboxylic acids is 1. The summed E-state index contributed by atoms with van der Waals surface area (Å²) in [6.07, 6.45) is -1.56. The number of rotatable bonds is 2. The molecule has 2 N–H and O–H groups in total. The monoisotopic (exact) mass is 326 g/mol. The number of morpholine rings is 1. The summed E-state index contributed by atoms with van der Waals surface area (Å²) in [6, 6.07) is 0. The Hall–Kier alpha value is -0.860. The van der Waals surface area contributed by atoms with E-state index >= 15 is 0 Å². The number of halogens is 3. The summed E-state index contributed by atoms with van der Waals surface area (Å²) < 4.78 is 37.5. The first-order valence-electron chi connectivity index (χ1n) is 7.57. The Morgan fingerprint density at radius 2 is 1.68 bits per heavy atom. The number of hydrogen-bond acceptors (Lipinski definition) is 4. The van der Waals surface area contributed by atoms with E-state index in [1.165, 1.54) is 32.5 Å². The van der Waals surface area contributed by atoms with Gasteiger partial charge in [0.2, 0.25) is 0 Å². The van der Waals surface area contributed by atoms with Crippen molar-refractivity contribution < 1.29 is 27.8 Å². The standard InChI is InChI=1S/C12H24N2O.C2HF3O2/c1-10-7-14(8-11(2)15-10)9-12-3-5-13-6-4-12;3-2(4,5)1(6)7/h10-13H,3-9H2,1-2H3;(H,6,7)/t10-,11+;. The topological polar surface area (TPSA) is 61.8 Å². The normalized spacial score (nSPS) is 27.9. The largest absolute Gasteiger partial charge is 0.490 e. The average molecular weight is 326 g/mol. The molecular formula is C14H25F3N2O3. The van der Waals surface area contributed by atoms with Crippen molar-refractivity contribution in [2.24, 2.45) is 5.92 Å². The van der Waals surface area contributed by atoms with Gasteiger partial charge < -0.3 is 15.2 Å². The summed E-state index contributed by atoms with van der Waals surface area (Å²) >= 11 is 0. The van der Waals surface area contributed by atoms with E-state index in [1.54, 1.807) is 0 Å². The van der Waals surface area contributed by atoms with E-state index in [2.05, 4.69) is 24.1 Å². The number of nitrogens with zero attached hydrogens (tertiary/aromatic N) is 1. The van der Waals surface area contributed by atoms with E-state index < -0.39 is 12.1 Å². The Morgan fingerprint density at radius 1 is 1.23 bits per heavy atom. The number of aliphatic carboxylic acids is 1. The molecule has 2 saturated heterocycles. The number of hydrogen-bond donors (Lipinski definition) is 2. The smallest absolute Gasteiger partial charge is 0.475 e. The number of carbonyl (C=O) groups is 1. The highest BCUT2D eigenvalue weighted by Crippen LogP contribution is 2.17. The molecule has 0 aromatic rings. The van der Waals surface area contributed by atoms with Crippen LogP contribution in [0.3, 0.4) is 0 Å². The molecule has 2 fully saturated rings. The molecule has 0 unspecified atom stereocenters. The van der Waals surface area contributed by atoms with Gasteiger partial charge in [-0.05, 0) is 45.7 Å². The van der Waals surface area contributed by atoms with Crippen LogP contribution in [0.5, 0.6) is 0 Å². The summed E-state index contributed by atoms with van der Waals surface area (Å²) in [6.45, 7) is 10.3. The fourth-order valence-electron chi connectivity index (χ4n) is 2.86. The van der Waals surface area contributed by atoms with Crippen LogP contribution in [0.2, 0.25) is 0 Å². The van der Waals surface area contributed by atoms with Crippen LogP contribution in [-0.2, 0) is 9.53 Å². The van der Waals surface area contributed by atoms with Gasteiger partial charge in [-0.2, -0.15) is 13.2 Å². The highest BCUT2D eigenvalue weighted by Gasteiger charge is 2.38. The quantitative estimate of drug-likeness (QED) is 0.809. The van der Waals surface area contributed by atoms with Crippen LogP contribution in [0.1, 0.15) is 26.7 Å². The zero-order chi connectivity index (χ0) is 16.8. The molecule has 2 rings (SSSR count). The van der Waals surface area contributed by atoms with Crippen LogP contribution in [0.25, 0.3) is 0 Å². The van der Waals surface area contributed by atoms with Crippen molar-refractivity contribution in [1.82, 2.24) is 10.2 Å². The van der Waals surface area contributed by atoms with Gasteiger partial charge in [-0.1, -0.05) is 0 Å². The summed E-state index contributed by atoms with van der Waals surface area (Å²) in [5.74, 6) is -1.85. The number of nitrogens with one attached hydrogen (secondary N) is 1. The van der Waals surface area contributed by atoms with E-state index in [4.69, 9.17) is 14.6 Å². The number of carboxylic acid groups (broad SMARTS) is 1. The maximum absolute atomic E-state index is 10.6. The molecule has 0 saturated carbocycles. The fraction of sp³-hybridized carbons (Fsp3) is 0.929. The number of ether oxygens (including phenoxy) is 1. The molecule has 0 aromatic carbocycles. The van der Waals surface area contributed by atoms with Crippen LogP contribution in [0.15, 0.2) is 0 Å². The predicted molar refractivity (Wildman–Crippen MR) is 75.7 cm³/mol. The first-order chi connectivity index (χ1) is 10.2. The lowest BCUT2D eigenvalue weighted by Crippen LogP contribution is -2.48. The summed E-state index contributed by atoms with van der Waals surface area (Å²) in [4.78, 5) is 11.5. The van der Waals surface area contributed by atoms with E-state index in [1.807, 2.05) is 0 Å². The highest BCUT2D eigenvalue weighted by atomic mass is 19.4. The first kappa shape index (κ1) is 19.2. The summed E-state index contributed by atoms with van der Waals surface area (Å²) in [5.41, 5.74) is 0. The van der Waals surface area contributed by atoms with Crippen LogP contribution in [0, 0.1) is 5.92 Å². The van der Waals surface area contributed by atoms with E-state index in [0.29, 0.717) is 12.2 Å². The first-order valence-corrected chi connectivity index (χ1v) is 7.57. The zero-order valence-corrected chi connectivity index (χ0v) is 13.0. The molecule has 2 atom stereocenters. The molecule has 0 aromatic heterocycles. The lowest BCUT2D eigenvalue weighted by molar-refractivity contribution is -0.192. The van der Waals surface area contributed by atoms with Gasteiger partial charge in [0.15, 0.2) is 0 Å². The second kappa shape index (κ2) is 8.69. The lowest BCUT2D eigenvalue weighted by Gasteiger charge is -2.38. The van der Waals surface area contributed by atoms with E-state index in [9.17, 15) is 13.2 Å². The SMILES string of the molecule is C[C@@H]1CN(CC2CCNCC2)C[C@H](C)O1.O=C(O)C(F)(F)F. The Bertz CT molecular complexity index is 337. The molecule has 2 heterocycles. The molecule has 2 aliphatic rings. The van der Waals surface area contributed by atoms with Gasteiger partial charge in [-0.15, -0.1) is 0 Å². The Morgan fingerprint density at radius 3 is 2.09 bits per heavy atom. The van der Waals surface area contributed by atoms with Crippen molar-refractivity contribution in [3.63, 3.8) is 0 Å². The van der Waals surface area contributed by atoms with Gasteiger partial charge in [0.25, 0.3) is 0 Å².